The number of nitrogens with one attached hydrogen (secondary N) is 1. The van der Waals surface area contributed by atoms with Gasteiger partial charge < -0.3 is 5.73 Å². The molecule has 1 aliphatic carbocycles. The van der Waals surface area contributed by atoms with Crippen molar-refractivity contribution in [1.82, 2.24) is 10.2 Å². The number of anilines is 1. The smallest absolute Gasteiger partial charge is 0.148 e. The summed E-state index contributed by atoms with van der Waals surface area (Å²) in [6, 6.07) is 0. The summed E-state index contributed by atoms with van der Waals surface area (Å²) in [5.74, 6) is 1.63. The molecule has 1 aliphatic rings. The summed E-state index contributed by atoms with van der Waals surface area (Å²) in [4.78, 5) is 0. The molecule has 3 N–H and O–H groups in total. The predicted octanol–water partition coefficient (Wildman–Crippen LogP) is 1.64. The van der Waals surface area contributed by atoms with E-state index in [-0.39, 0.29) is 0 Å². The largest absolute Gasteiger partial charge is 0.382 e. The summed E-state index contributed by atoms with van der Waals surface area (Å²) in [6.45, 7) is 2.03. The number of aryl methyl sites for hydroxylation is 1. The summed E-state index contributed by atoms with van der Waals surface area (Å²) in [7, 11) is 0. The highest BCUT2D eigenvalue weighted by Crippen LogP contribution is 2.33. The second-order valence-corrected chi connectivity index (χ2v) is 3.69. The molecule has 66 valence electrons. The SMILES string of the molecule is Cc1c(N)n[nH]c1CCC1CC1. The van der Waals surface area contributed by atoms with Gasteiger partial charge in [0.1, 0.15) is 5.82 Å². The van der Waals surface area contributed by atoms with Crippen LogP contribution in [-0.2, 0) is 6.42 Å². The first-order chi connectivity index (χ1) is 5.77. The van der Waals surface area contributed by atoms with Crippen molar-refractivity contribution in [2.75, 3.05) is 5.73 Å². The molecule has 3 heteroatoms. The minimum absolute atomic E-state index is 0.654. The maximum Gasteiger partial charge on any atom is 0.148 e. The lowest BCUT2D eigenvalue weighted by Crippen LogP contribution is -1.90. The number of rotatable bonds is 3. The maximum absolute atomic E-state index is 5.62. The Hall–Kier alpha value is -0.990. The molecule has 0 saturated heterocycles. The fraction of sp³-hybridized carbons (Fsp3) is 0.667. The minimum atomic E-state index is 0.654. The van der Waals surface area contributed by atoms with Gasteiger partial charge in [-0.1, -0.05) is 12.8 Å². The van der Waals surface area contributed by atoms with Crippen LogP contribution in [0.25, 0.3) is 0 Å². The van der Waals surface area contributed by atoms with E-state index in [0.717, 1.165) is 17.9 Å². The highest BCUT2D eigenvalue weighted by Gasteiger charge is 2.21. The predicted molar refractivity (Wildman–Crippen MR) is 48.8 cm³/mol. The third-order valence-corrected chi connectivity index (χ3v) is 2.65. The molecule has 1 fully saturated rings. The van der Waals surface area contributed by atoms with Gasteiger partial charge >= 0.3 is 0 Å². The molecule has 0 aliphatic heterocycles. The molecule has 1 heterocycles. The Morgan fingerprint density at radius 3 is 2.83 bits per heavy atom. The summed E-state index contributed by atoms with van der Waals surface area (Å²) in [5.41, 5.74) is 7.98. The second kappa shape index (κ2) is 2.81. The van der Waals surface area contributed by atoms with E-state index in [0.29, 0.717) is 5.82 Å². The van der Waals surface area contributed by atoms with Crippen LogP contribution in [-0.4, -0.2) is 10.2 Å². The van der Waals surface area contributed by atoms with Crippen molar-refractivity contribution in [3.05, 3.63) is 11.3 Å². The number of hydrogen-bond donors (Lipinski definition) is 2. The molecule has 2 rings (SSSR count). The van der Waals surface area contributed by atoms with Crippen molar-refractivity contribution >= 4 is 5.82 Å². The molecular formula is C9H15N3. The molecule has 0 radical (unpaired) electrons. The summed E-state index contributed by atoms with van der Waals surface area (Å²) in [5, 5.41) is 6.95. The van der Waals surface area contributed by atoms with Crippen LogP contribution in [0.2, 0.25) is 0 Å². The number of aromatic amines is 1. The molecule has 1 aromatic heterocycles. The van der Waals surface area contributed by atoms with E-state index in [9.17, 15) is 0 Å². The molecule has 12 heavy (non-hydrogen) atoms. The van der Waals surface area contributed by atoms with Gasteiger partial charge in [0.05, 0.1) is 0 Å². The van der Waals surface area contributed by atoms with Gasteiger partial charge in [-0.3, -0.25) is 5.10 Å². The maximum atomic E-state index is 5.62. The number of aromatic nitrogens is 2. The molecule has 0 aromatic carbocycles. The molecule has 0 spiro atoms. The second-order valence-electron chi connectivity index (χ2n) is 3.69. The third kappa shape index (κ3) is 1.44. The van der Waals surface area contributed by atoms with Gasteiger partial charge in [-0.25, -0.2) is 0 Å². The number of nitrogen functional groups attached to an aromatic ring is 1. The average Bonchev–Trinajstić information content (AvgIpc) is 2.82. The van der Waals surface area contributed by atoms with Crippen molar-refractivity contribution < 1.29 is 0 Å². The average molecular weight is 165 g/mol. The van der Waals surface area contributed by atoms with Crippen molar-refractivity contribution in [1.29, 1.82) is 0 Å². The van der Waals surface area contributed by atoms with Gasteiger partial charge in [0.2, 0.25) is 0 Å². The summed E-state index contributed by atoms with van der Waals surface area (Å²) in [6.07, 6.45) is 5.24. The van der Waals surface area contributed by atoms with E-state index in [4.69, 9.17) is 5.73 Å². The Kier molecular flexibility index (Phi) is 1.79. The third-order valence-electron chi connectivity index (χ3n) is 2.65. The molecule has 0 amide bonds. The fourth-order valence-corrected chi connectivity index (χ4v) is 1.45. The highest BCUT2D eigenvalue weighted by atomic mass is 15.2. The van der Waals surface area contributed by atoms with E-state index < -0.39 is 0 Å². The first-order valence-corrected chi connectivity index (χ1v) is 4.56. The number of hydrogen-bond acceptors (Lipinski definition) is 2. The quantitative estimate of drug-likeness (QED) is 0.715. The standard InChI is InChI=1S/C9H15N3/c1-6-8(11-12-9(6)10)5-4-7-2-3-7/h7H,2-5H2,1H3,(H3,10,11,12). The van der Waals surface area contributed by atoms with Crippen LogP contribution >= 0.6 is 0 Å². The van der Waals surface area contributed by atoms with Crippen LogP contribution in [0.1, 0.15) is 30.5 Å². The topological polar surface area (TPSA) is 54.7 Å². The Labute approximate surface area is 72.4 Å². The van der Waals surface area contributed by atoms with E-state index in [1.165, 1.54) is 25.0 Å². The monoisotopic (exact) mass is 165 g/mol. The van der Waals surface area contributed by atoms with Gasteiger partial charge in [-0.05, 0) is 25.7 Å². The summed E-state index contributed by atoms with van der Waals surface area (Å²) >= 11 is 0. The van der Waals surface area contributed by atoms with Crippen LogP contribution in [0.3, 0.4) is 0 Å². The molecule has 1 aromatic rings. The lowest BCUT2D eigenvalue weighted by molar-refractivity contribution is 0.709. The van der Waals surface area contributed by atoms with Crippen molar-refractivity contribution in [2.45, 2.75) is 32.6 Å². The van der Waals surface area contributed by atoms with Gasteiger partial charge in [-0.15, -0.1) is 0 Å². The normalized spacial score (nSPS) is 16.8. The zero-order valence-electron chi connectivity index (χ0n) is 7.43. The Bertz CT molecular complexity index is 273. The molecule has 1 saturated carbocycles. The van der Waals surface area contributed by atoms with Crippen LogP contribution in [0.15, 0.2) is 0 Å². The first kappa shape index (κ1) is 7.65. The van der Waals surface area contributed by atoms with E-state index in [2.05, 4.69) is 10.2 Å². The van der Waals surface area contributed by atoms with Crippen LogP contribution < -0.4 is 5.73 Å². The molecule has 0 atom stereocenters. The van der Waals surface area contributed by atoms with Gasteiger partial charge in [0.15, 0.2) is 0 Å². The zero-order chi connectivity index (χ0) is 8.55. The van der Waals surface area contributed by atoms with E-state index in [1.807, 2.05) is 6.92 Å². The van der Waals surface area contributed by atoms with Crippen molar-refractivity contribution in [3.63, 3.8) is 0 Å². The van der Waals surface area contributed by atoms with Crippen molar-refractivity contribution in [3.8, 4) is 0 Å². The number of nitrogens with zero attached hydrogens (tertiary/aromatic N) is 1. The van der Waals surface area contributed by atoms with Crippen LogP contribution in [0.4, 0.5) is 5.82 Å². The fourth-order valence-electron chi connectivity index (χ4n) is 1.45. The van der Waals surface area contributed by atoms with Gasteiger partial charge in [0, 0.05) is 11.3 Å². The molecular weight excluding hydrogens is 150 g/mol. The highest BCUT2D eigenvalue weighted by molar-refractivity contribution is 5.40. The Balaban J connectivity index is 1.96. The van der Waals surface area contributed by atoms with Gasteiger partial charge in [-0.2, -0.15) is 5.10 Å². The van der Waals surface area contributed by atoms with Crippen LogP contribution in [0, 0.1) is 12.8 Å². The van der Waals surface area contributed by atoms with Crippen molar-refractivity contribution in [2.24, 2.45) is 5.92 Å². The Morgan fingerprint density at radius 1 is 1.58 bits per heavy atom. The lowest BCUT2D eigenvalue weighted by atomic mass is 10.1. The molecule has 0 unspecified atom stereocenters. The summed E-state index contributed by atoms with van der Waals surface area (Å²) < 4.78 is 0. The molecule has 0 bridgehead atoms. The first-order valence-electron chi connectivity index (χ1n) is 4.56. The Morgan fingerprint density at radius 2 is 2.33 bits per heavy atom. The van der Waals surface area contributed by atoms with Gasteiger partial charge in [0.25, 0.3) is 0 Å². The number of H-pyrrole nitrogens is 1. The van der Waals surface area contributed by atoms with E-state index >= 15 is 0 Å². The van der Waals surface area contributed by atoms with E-state index in [1.54, 1.807) is 0 Å². The number of nitrogens with two attached hydrogens (primary N) is 1. The van der Waals surface area contributed by atoms with Crippen LogP contribution in [0.5, 0.6) is 0 Å². The minimum Gasteiger partial charge on any atom is -0.382 e. The lowest BCUT2D eigenvalue weighted by Gasteiger charge is -1.96. The zero-order valence-corrected chi connectivity index (χ0v) is 7.43. The molecule has 3 nitrogen and oxygen atoms in total.